The molecule has 0 saturated heterocycles. The molecule has 2 N–H and O–H groups in total. The Hall–Kier alpha value is -3.61. The molecule has 0 aliphatic heterocycles. The van der Waals surface area contributed by atoms with Gasteiger partial charge in [-0.05, 0) is 24.3 Å². The Morgan fingerprint density at radius 1 is 0.962 bits per heavy atom. The Morgan fingerprint density at radius 2 is 1.65 bits per heavy atom. The van der Waals surface area contributed by atoms with Gasteiger partial charge in [0.2, 0.25) is 0 Å². The minimum atomic E-state index is -0.694. The number of ether oxygens (including phenoxy) is 2. The highest BCUT2D eigenvalue weighted by Gasteiger charge is 2.08. The standard InChI is InChI=1S/C19H18N2O5/c1-25-16-10-6-5-7-14(16)11-12-18(23)26-13-17(22)20-21-19(24)15-8-3-2-4-9-15/h2-12H,13H2,1H3,(H,20,22)(H,21,24). The van der Waals surface area contributed by atoms with E-state index in [0.29, 0.717) is 16.9 Å². The van der Waals surface area contributed by atoms with Crippen LogP contribution in [0.5, 0.6) is 5.75 Å². The van der Waals surface area contributed by atoms with Crippen molar-refractivity contribution in [3.05, 3.63) is 71.8 Å². The molecule has 26 heavy (non-hydrogen) atoms. The molecule has 7 heteroatoms. The number of benzene rings is 2. The third kappa shape index (κ3) is 5.79. The Labute approximate surface area is 150 Å². The largest absolute Gasteiger partial charge is 0.496 e. The second-order valence-electron chi connectivity index (χ2n) is 5.05. The van der Waals surface area contributed by atoms with Gasteiger partial charge in [-0.3, -0.25) is 20.4 Å². The number of rotatable bonds is 6. The van der Waals surface area contributed by atoms with E-state index in [9.17, 15) is 14.4 Å². The lowest BCUT2D eigenvalue weighted by Gasteiger charge is -2.07. The van der Waals surface area contributed by atoms with Crippen LogP contribution in [0.1, 0.15) is 15.9 Å². The van der Waals surface area contributed by atoms with Gasteiger partial charge >= 0.3 is 5.97 Å². The Bertz CT molecular complexity index is 803. The third-order valence-electron chi connectivity index (χ3n) is 3.23. The summed E-state index contributed by atoms with van der Waals surface area (Å²) < 4.78 is 9.97. The SMILES string of the molecule is COc1ccccc1C=CC(=O)OCC(=O)NNC(=O)c1ccccc1. The Kier molecular flexibility index (Phi) is 6.93. The van der Waals surface area contributed by atoms with Gasteiger partial charge in [-0.2, -0.15) is 0 Å². The lowest BCUT2D eigenvalue weighted by atomic mass is 10.2. The van der Waals surface area contributed by atoms with Crippen LogP contribution in [0.4, 0.5) is 0 Å². The number of hydrazine groups is 1. The van der Waals surface area contributed by atoms with Crippen molar-refractivity contribution >= 4 is 23.9 Å². The van der Waals surface area contributed by atoms with Crippen molar-refractivity contribution in [1.29, 1.82) is 0 Å². The Balaban J connectivity index is 1.75. The first-order chi connectivity index (χ1) is 12.6. The number of methoxy groups -OCH3 is 1. The van der Waals surface area contributed by atoms with E-state index in [0.717, 1.165) is 0 Å². The smallest absolute Gasteiger partial charge is 0.331 e. The first-order valence-electron chi connectivity index (χ1n) is 7.72. The normalized spacial score (nSPS) is 10.2. The van der Waals surface area contributed by atoms with Crippen LogP contribution in [0.15, 0.2) is 60.7 Å². The van der Waals surface area contributed by atoms with Crippen LogP contribution in [-0.2, 0) is 14.3 Å². The molecule has 2 amide bonds. The first kappa shape index (κ1) is 18.7. The summed E-state index contributed by atoms with van der Waals surface area (Å²) in [5.41, 5.74) is 5.49. The summed E-state index contributed by atoms with van der Waals surface area (Å²) >= 11 is 0. The van der Waals surface area contributed by atoms with Gasteiger partial charge in [0.25, 0.3) is 11.8 Å². The van der Waals surface area contributed by atoms with Gasteiger partial charge in [0.15, 0.2) is 6.61 Å². The van der Waals surface area contributed by atoms with Gasteiger partial charge < -0.3 is 9.47 Å². The second kappa shape index (κ2) is 9.63. The summed E-state index contributed by atoms with van der Waals surface area (Å²) in [5.74, 6) is -1.21. The molecule has 0 atom stereocenters. The zero-order valence-electron chi connectivity index (χ0n) is 14.1. The summed E-state index contributed by atoms with van der Waals surface area (Å²) in [6, 6.07) is 15.5. The van der Waals surface area contributed by atoms with Crippen LogP contribution in [-0.4, -0.2) is 31.5 Å². The molecule has 134 valence electrons. The molecular formula is C19H18N2O5. The number of esters is 1. The zero-order valence-corrected chi connectivity index (χ0v) is 14.1. The van der Waals surface area contributed by atoms with Crippen molar-refractivity contribution in [1.82, 2.24) is 10.9 Å². The lowest BCUT2D eigenvalue weighted by molar-refractivity contribution is -0.144. The molecule has 0 aliphatic carbocycles. The molecule has 0 aromatic heterocycles. The zero-order chi connectivity index (χ0) is 18.8. The van der Waals surface area contributed by atoms with E-state index >= 15 is 0 Å². The van der Waals surface area contributed by atoms with Crippen LogP contribution < -0.4 is 15.6 Å². The van der Waals surface area contributed by atoms with E-state index in [1.54, 1.807) is 48.5 Å². The molecule has 0 bridgehead atoms. The molecule has 0 fully saturated rings. The minimum Gasteiger partial charge on any atom is -0.496 e. The highest BCUT2D eigenvalue weighted by atomic mass is 16.5. The molecule has 2 aromatic carbocycles. The molecule has 2 rings (SSSR count). The molecule has 0 saturated carbocycles. The molecule has 0 radical (unpaired) electrons. The quantitative estimate of drug-likeness (QED) is 0.468. The van der Waals surface area contributed by atoms with Crippen molar-refractivity contribution in [3.63, 3.8) is 0 Å². The summed E-state index contributed by atoms with van der Waals surface area (Å²) in [4.78, 5) is 35.0. The van der Waals surface area contributed by atoms with Gasteiger partial charge in [-0.25, -0.2) is 4.79 Å². The molecular weight excluding hydrogens is 336 g/mol. The topological polar surface area (TPSA) is 93.7 Å². The average molecular weight is 354 g/mol. The van der Waals surface area contributed by atoms with Crippen LogP contribution in [0.25, 0.3) is 6.08 Å². The summed E-state index contributed by atoms with van der Waals surface area (Å²) in [5, 5.41) is 0. The number of para-hydroxylation sites is 1. The fourth-order valence-electron chi connectivity index (χ4n) is 1.97. The second-order valence-corrected chi connectivity index (χ2v) is 5.05. The van der Waals surface area contributed by atoms with Crippen molar-refractivity contribution in [2.75, 3.05) is 13.7 Å². The molecule has 0 unspecified atom stereocenters. The fraction of sp³-hybridized carbons (Fsp3) is 0.105. The summed E-state index contributed by atoms with van der Waals surface area (Å²) in [7, 11) is 1.53. The molecule has 2 aromatic rings. The maximum Gasteiger partial charge on any atom is 0.331 e. The maximum atomic E-state index is 11.8. The van der Waals surface area contributed by atoms with Crippen molar-refractivity contribution in [2.45, 2.75) is 0 Å². The number of carbonyl (C=O) groups excluding carboxylic acids is 3. The number of hydrogen-bond acceptors (Lipinski definition) is 5. The number of nitrogens with one attached hydrogen (secondary N) is 2. The highest BCUT2D eigenvalue weighted by Crippen LogP contribution is 2.18. The van der Waals surface area contributed by atoms with Gasteiger partial charge in [0.1, 0.15) is 5.75 Å². The van der Waals surface area contributed by atoms with E-state index in [1.807, 2.05) is 6.07 Å². The van der Waals surface area contributed by atoms with E-state index in [1.165, 1.54) is 19.3 Å². The monoisotopic (exact) mass is 354 g/mol. The maximum absolute atomic E-state index is 11.8. The predicted molar refractivity (Wildman–Crippen MR) is 95.0 cm³/mol. The molecule has 0 aliphatic rings. The van der Waals surface area contributed by atoms with E-state index in [4.69, 9.17) is 9.47 Å². The van der Waals surface area contributed by atoms with Crippen molar-refractivity contribution in [2.24, 2.45) is 0 Å². The van der Waals surface area contributed by atoms with Gasteiger partial charge in [-0.1, -0.05) is 36.4 Å². The Morgan fingerprint density at radius 3 is 2.38 bits per heavy atom. The first-order valence-corrected chi connectivity index (χ1v) is 7.72. The fourth-order valence-corrected chi connectivity index (χ4v) is 1.97. The van der Waals surface area contributed by atoms with Crippen LogP contribution >= 0.6 is 0 Å². The molecule has 0 spiro atoms. The highest BCUT2D eigenvalue weighted by molar-refractivity contribution is 5.95. The van der Waals surface area contributed by atoms with Crippen molar-refractivity contribution in [3.8, 4) is 5.75 Å². The van der Waals surface area contributed by atoms with E-state index < -0.39 is 24.4 Å². The van der Waals surface area contributed by atoms with Gasteiger partial charge in [-0.15, -0.1) is 0 Å². The van der Waals surface area contributed by atoms with E-state index in [-0.39, 0.29) is 0 Å². The summed E-state index contributed by atoms with van der Waals surface area (Å²) in [6.07, 6.45) is 2.71. The van der Waals surface area contributed by atoms with Crippen molar-refractivity contribution < 1.29 is 23.9 Å². The summed E-state index contributed by atoms with van der Waals surface area (Å²) in [6.45, 7) is -0.524. The van der Waals surface area contributed by atoms with Gasteiger partial charge in [0, 0.05) is 17.2 Å². The average Bonchev–Trinajstić information content (AvgIpc) is 2.69. The number of amides is 2. The predicted octanol–water partition coefficient (Wildman–Crippen LogP) is 1.71. The van der Waals surface area contributed by atoms with Gasteiger partial charge in [0.05, 0.1) is 7.11 Å². The van der Waals surface area contributed by atoms with E-state index in [2.05, 4.69) is 10.9 Å². The van der Waals surface area contributed by atoms with Crippen LogP contribution in [0.2, 0.25) is 0 Å². The van der Waals surface area contributed by atoms with Crippen LogP contribution in [0, 0.1) is 0 Å². The minimum absolute atomic E-state index is 0.393. The lowest BCUT2D eigenvalue weighted by Crippen LogP contribution is -2.43. The molecule has 7 nitrogen and oxygen atoms in total. The number of carbonyl (C=O) groups is 3. The third-order valence-corrected chi connectivity index (χ3v) is 3.23. The number of hydrogen-bond donors (Lipinski definition) is 2. The molecule has 0 heterocycles. The van der Waals surface area contributed by atoms with Crippen LogP contribution in [0.3, 0.4) is 0 Å².